The average molecular weight is 338 g/mol. The molecule has 0 heterocycles. The van der Waals surface area contributed by atoms with Crippen molar-refractivity contribution in [1.82, 2.24) is 0 Å². The van der Waals surface area contributed by atoms with Crippen LogP contribution in [0.25, 0.3) is 0 Å². The van der Waals surface area contributed by atoms with Gasteiger partial charge < -0.3 is 10.4 Å². The maximum absolute atomic E-state index is 13.0. The first-order valence-corrected chi connectivity index (χ1v) is 7.89. The van der Waals surface area contributed by atoms with E-state index in [9.17, 15) is 9.90 Å². The standard InChI is InChI=1S/C20H16ClNO2/c21-17-13-7-8-14-18(17)22-19(23)20(24,15-9-3-1-4-10-15)16-11-5-2-6-12-16/h1-14,24H,(H,22,23). The molecule has 0 aromatic heterocycles. The molecule has 0 aliphatic carbocycles. The number of aliphatic hydroxyl groups is 1. The summed E-state index contributed by atoms with van der Waals surface area (Å²) in [6.45, 7) is 0. The lowest BCUT2D eigenvalue weighted by Crippen LogP contribution is -2.41. The third-order valence-corrected chi connectivity index (χ3v) is 4.16. The lowest BCUT2D eigenvalue weighted by atomic mass is 9.85. The highest BCUT2D eigenvalue weighted by molar-refractivity contribution is 6.33. The quantitative estimate of drug-likeness (QED) is 0.749. The number of para-hydroxylation sites is 1. The van der Waals surface area contributed by atoms with Crippen LogP contribution in [0.3, 0.4) is 0 Å². The van der Waals surface area contributed by atoms with Crippen molar-refractivity contribution in [1.29, 1.82) is 0 Å². The molecular formula is C20H16ClNO2. The van der Waals surface area contributed by atoms with Gasteiger partial charge in [0.2, 0.25) is 0 Å². The maximum atomic E-state index is 13.0. The number of carbonyl (C=O) groups is 1. The summed E-state index contributed by atoms with van der Waals surface area (Å²) in [7, 11) is 0. The smallest absolute Gasteiger partial charge is 0.265 e. The van der Waals surface area contributed by atoms with Crippen LogP contribution in [-0.4, -0.2) is 11.0 Å². The number of anilines is 1. The Labute approximate surface area is 145 Å². The van der Waals surface area contributed by atoms with Crippen LogP contribution in [0.4, 0.5) is 5.69 Å². The molecule has 3 nitrogen and oxygen atoms in total. The fourth-order valence-corrected chi connectivity index (χ4v) is 2.75. The summed E-state index contributed by atoms with van der Waals surface area (Å²) in [4.78, 5) is 13.0. The van der Waals surface area contributed by atoms with Crippen LogP contribution in [-0.2, 0) is 10.4 Å². The average Bonchev–Trinajstić information content (AvgIpc) is 2.64. The molecule has 0 bridgehead atoms. The highest BCUT2D eigenvalue weighted by Crippen LogP contribution is 2.32. The Morgan fingerprint density at radius 3 is 1.75 bits per heavy atom. The third-order valence-electron chi connectivity index (χ3n) is 3.83. The van der Waals surface area contributed by atoms with Crippen LogP contribution in [0.2, 0.25) is 5.02 Å². The van der Waals surface area contributed by atoms with Gasteiger partial charge in [-0.1, -0.05) is 84.4 Å². The van der Waals surface area contributed by atoms with Gasteiger partial charge in [-0.15, -0.1) is 0 Å². The van der Waals surface area contributed by atoms with Gasteiger partial charge in [0.15, 0.2) is 5.60 Å². The van der Waals surface area contributed by atoms with E-state index in [1.165, 1.54) is 0 Å². The second-order valence-electron chi connectivity index (χ2n) is 5.38. The predicted octanol–water partition coefficient (Wildman–Crippen LogP) is 4.21. The monoisotopic (exact) mass is 337 g/mol. The minimum Gasteiger partial charge on any atom is -0.372 e. The summed E-state index contributed by atoms with van der Waals surface area (Å²) >= 11 is 6.11. The first-order chi connectivity index (χ1) is 11.6. The Hall–Kier alpha value is -2.62. The molecule has 0 saturated heterocycles. The van der Waals surface area contributed by atoms with Gasteiger partial charge in [0.1, 0.15) is 0 Å². The van der Waals surface area contributed by atoms with Crippen LogP contribution < -0.4 is 5.32 Å². The van der Waals surface area contributed by atoms with E-state index in [1.807, 2.05) is 12.1 Å². The van der Waals surface area contributed by atoms with Crippen molar-refractivity contribution >= 4 is 23.2 Å². The van der Waals surface area contributed by atoms with Crippen molar-refractivity contribution in [3.8, 4) is 0 Å². The molecule has 3 aromatic carbocycles. The Kier molecular flexibility index (Phi) is 4.65. The maximum Gasteiger partial charge on any atom is 0.265 e. The van der Waals surface area contributed by atoms with Crippen molar-refractivity contribution in [3.63, 3.8) is 0 Å². The summed E-state index contributed by atoms with van der Waals surface area (Å²) in [5.74, 6) is -0.562. The molecule has 0 spiro atoms. The molecule has 24 heavy (non-hydrogen) atoms. The van der Waals surface area contributed by atoms with Gasteiger partial charge in [-0.05, 0) is 23.3 Å². The van der Waals surface area contributed by atoms with E-state index in [1.54, 1.807) is 72.8 Å². The van der Waals surface area contributed by atoms with Gasteiger partial charge in [-0.2, -0.15) is 0 Å². The Balaban J connectivity index is 2.06. The summed E-state index contributed by atoms with van der Waals surface area (Å²) in [5, 5.41) is 14.5. The number of rotatable bonds is 4. The van der Waals surface area contributed by atoms with E-state index in [-0.39, 0.29) is 0 Å². The first kappa shape index (κ1) is 16.2. The first-order valence-electron chi connectivity index (χ1n) is 7.52. The Bertz CT molecular complexity index is 795. The molecule has 120 valence electrons. The molecule has 2 N–H and O–H groups in total. The third kappa shape index (κ3) is 3.04. The Morgan fingerprint density at radius 1 is 0.792 bits per heavy atom. The fourth-order valence-electron chi connectivity index (χ4n) is 2.56. The Morgan fingerprint density at radius 2 is 1.25 bits per heavy atom. The zero-order chi connectivity index (χ0) is 17.0. The van der Waals surface area contributed by atoms with E-state index in [0.29, 0.717) is 21.8 Å². The zero-order valence-corrected chi connectivity index (χ0v) is 13.6. The van der Waals surface area contributed by atoms with E-state index < -0.39 is 11.5 Å². The van der Waals surface area contributed by atoms with E-state index >= 15 is 0 Å². The van der Waals surface area contributed by atoms with Crippen LogP contribution in [0.1, 0.15) is 11.1 Å². The normalized spacial score (nSPS) is 11.1. The minimum atomic E-state index is -1.82. The van der Waals surface area contributed by atoms with E-state index in [0.717, 1.165) is 0 Å². The van der Waals surface area contributed by atoms with Gasteiger partial charge in [0, 0.05) is 0 Å². The summed E-state index contributed by atoms with van der Waals surface area (Å²) in [5.41, 5.74) is -0.391. The van der Waals surface area contributed by atoms with E-state index in [4.69, 9.17) is 11.6 Å². The fraction of sp³-hybridized carbons (Fsp3) is 0.0500. The van der Waals surface area contributed by atoms with Crippen LogP contribution >= 0.6 is 11.6 Å². The van der Waals surface area contributed by atoms with Crippen molar-refractivity contribution in [2.75, 3.05) is 5.32 Å². The molecule has 3 rings (SSSR count). The van der Waals surface area contributed by atoms with Crippen molar-refractivity contribution < 1.29 is 9.90 Å². The summed E-state index contributed by atoms with van der Waals surface area (Å²) in [6, 6.07) is 24.6. The molecule has 3 aromatic rings. The topological polar surface area (TPSA) is 49.3 Å². The molecular weight excluding hydrogens is 322 g/mol. The molecule has 0 atom stereocenters. The lowest BCUT2D eigenvalue weighted by molar-refractivity contribution is -0.131. The summed E-state index contributed by atoms with van der Waals surface area (Å²) in [6.07, 6.45) is 0. The molecule has 0 radical (unpaired) electrons. The highest BCUT2D eigenvalue weighted by Gasteiger charge is 2.40. The number of halogens is 1. The minimum absolute atomic E-state index is 0.411. The van der Waals surface area contributed by atoms with Crippen molar-refractivity contribution in [2.24, 2.45) is 0 Å². The predicted molar refractivity (Wildman–Crippen MR) is 96.0 cm³/mol. The number of hydrogen-bond donors (Lipinski definition) is 2. The number of benzene rings is 3. The summed E-state index contributed by atoms with van der Waals surface area (Å²) < 4.78 is 0. The van der Waals surface area contributed by atoms with Crippen LogP contribution in [0.15, 0.2) is 84.9 Å². The lowest BCUT2D eigenvalue weighted by Gasteiger charge is -2.28. The number of amides is 1. The number of hydrogen-bond acceptors (Lipinski definition) is 2. The molecule has 0 saturated carbocycles. The number of nitrogens with one attached hydrogen (secondary N) is 1. The number of carbonyl (C=O) groups excluding carboxylic acids is 1. The zero-order valence-electron chi connectivity index (χ0n) is 12.8. The molecule has 0 aliphatic heterocycles. The SMILES string of the molecule is O=C(Nc1ccccc1Cl)C(O)(c1ccccc1)c1ccccc1. The van der Waals surface area contributed by atoms with Gasteiger partial charge in [0.05, 0.1) is 10.7 Å². The van der Waals surface area contributed by atoms with Crippen LogP contribution in [0, 0.1) is 0 Å². The largest absolute Gasteiger partial charge is 0.372 e. The van der Waals surface area contributed by atoms with Gasteiger partial charge in [-0.25, -0.2) is 0 Å². The molecule has 0 fully saturated rings. The van der Waals surface area contributed by atoms with Crippen LogP contribution in [0.5, 0.6) is 0 Å². The molecule has 1 amide bonds. The second kappa shape index (κ2) is 6.87. The molecule has 4 heteroatoms. The van der Waals surface area contributed by atoms with E-state index in [2.05, 4.69) is 5.32 Å². The second-order valence-corrected chi connectivity index (χ2v) is 5.78. The van der Waals surface area contributed by atoms with Gasteiger partial charge in [0.25, 0.3) is 5.91 Å². The molecule has 0 unspecified atom stereocenters. The van der Waals surface area contributed by atoms with Crippen molar-refractivity contribution in [2.45, 2.75) is 5.60 Å². The van der Waals surface area contributed by atoms with Gasteiger partial charge >= 0.3 is 0 Å². The van der Waals surface area contributed by atoms with Crippen molar-refractivity contribution in [3.05, 3.63) is 101 Å². The highest BCUT2D eigenvalue weighted by atomic mass is 35.5. The molecule has 0 aliphatic rings. The van der Waals surface area contributed by atoms with Gasteiger partial charge in [-0.3, -0.25) is 4.79 Å².